The van der Waals surface area contributed by atoms with E-state index in [0.717, 1.165) is 11.3 Å². The van der Waals surface area contributed by atoms with E-state index in [-0.39, 0.29) is 35.6 Å². The van der Waals surface area contributed by atoms with Crippen molar-refractivity contribution in [2.24, 2.45) is 5.92 Å². The minimum Gasteiger partial charge on any atom is -0.465 e. The number of carbonyl (C=O) groups is 1. The number of benzene rings is 1. The maximum atomic E-state index is 13.3. The van der Waals surface area contributed by atoms with Crippen LogP contribution in [0, 0.1) is 19.8 Å². The van der Waals surface area contributed by atoms with Crippen LogP contribution in [0.15, 0.2) is 56.5 Å². The van der Waals surface area contributed by atoms with Gasteiger partial charge >= 0.3 is 0 Å². The predicted molar refractivity (Wildman–Crippen MR) is 120 cm³/mol. The molecule has 0 radical (unpaired) electrons. The lowest BCUT2D eigenvalue weighted by molar-refractivity contribution is -0.120. The zero-order valence-electron chi connectivity index (χ0n) is 17.9. The van der Waals surface area contributed by atoms with Gasteiger partial charge in [0.1, 0.15) is 11.5 Å². The molecule has 8 nitrogen and oxygen atoms in total. The van der Waals surface area contributed by atoms with Crippen molar-refractivity contribution < 1.29 is 22.2 Å². The highest BCUT2D eigenvalue weighted by molar-refractivity contribution is 7.89. The van der Waals surface area contributed by atoms with Crippen LogP contribution in [0.2, 0.25) is 0 Å². The van der Waals surface area contributed by atoms with Crippen LogP contribution in [0.3, 0.4) is 0 Å². The summed E-state index contributed by atoms with van der Waals surface area (Å²) < 4.78 is 38.6. The fourth-order valence-corrected chi connectivity index (χ4v) is 5.50. The minimum atomic E-state index is -3.82. The van der Waals surface area contributed by atoms with Gasteiger partial charge in [0.25, 0.3) is 0 Å². The number of hydrogen-bond acceptors (Lipinski definition) is 6. The quantitative estimate of drug-likeness (QED) is 0.600. The molecule has 168 valence electrons. The van der Waals surface area contributed by atoms with Gasteiger partial charge in [-0.25, -0.2) is 8.42 Å². The Morgan fingerprint density at radius 2 is 1.88 bits per heavy atom. The third kappa shape index (κ3) is 4.53. The maximum Gasteiger partial charge on any atom is 0.248 e. The number of hydrogen-bond donors (Lipinski definition) is 1. The molecule has 1 aromatic carbocycles. The van der Waals surface area contributed by atoms with Gasteiger partial charge < -0.3 is 14.3 Å². The summed E-state index contributed by atoms with van der Waals surface area (Å²) in [6, 6.07) is 11.1. The summed E-state index contributed by atoms with van der Waals surface area (Å²) in [5.74, 6) is 0.392. The molecule has 0 unspecified atom stereocenters. The molecule has 1 amide bonds. The largest absolute Gasteiger partial charge is 0.465 e. The molecule has 0 spiro atoms. The number of carbonyl (C=O) groups excluding carboxylic acids is 1. The smallest absolute Gasteiger partial charge is 0.248 e. The second-order valence-corrected chi connectivity index (χ2v) is 9.67. The summed E-state index contributed by atoms with van der Waals surface area (Å²) in [5, 5.41) is 6.81. The van der Waals surface area contributed by atoms with E-state index in [1.807, 2.05) is 31.2 Å². The molecule has 1 aliphatic heterocycles. The maximum absolute atomic E-state index is 13.3. The fourth-order valence-electron chi connectivity index (χ4n) is 3.78. The summed E-state index contributed by atoms with van der Waals surface area (Å²) in [6.45, 7) is 4.04. The SMILES string of the molecule is Cc1ccccc1NC(=O)C1CCN(S(=O)(=O)c2c(C)noc2/C=C/c2ccco2)CC1. The summed E-state index contributed by atoms with van der Waals surface area (Å²) in [5.41, 5.74) is 2.06. The van der Waals surface area contributed by atoms with Gasteiger partial charge in [-0.1, -0.05) is 23.4 Å². The molecule has 1 fully saturated rings. The van der Waals surface area contributed by atoms with Crippen LogP contribution < -0.4 is 5.32 Å². The first-order valence-electron chi connectivity index (χ1n) is 10.4. The summed E-state index contributed by atoms with van der Waals surface area (Å²) >= 11 is 0. The summed E-state index contributed by atoms with van der Waals surface area (Å²) in [7, 11) is -3.82. The van der Waals surface area contributed by atoms with Gasteiger partial charge in [0.05, 0.1) is 6.26 Å². The van der Waals surface area contributed by atoms with Crippen molar-refractivity contribution in [3.8, 4) is 0 Å². The zero-order valence-corrected chi connectivity index (χ0v) is 18.8. The van der Waals surface area contributed by atoms with E-state index in [4.69, 9.17) is 8.94 Å². The average molecular weight is 456 g/mol. The number of furan rings is 1. The Kier molecular flexibility index (Phi) is 6.29. The van der Waals surface area contributed by atoms with Gasteiger partial charge in [-0.05, 0) is 62.6 Å². The van der Waals surface area contributed by atoms with Crippen LogP contribution in [0.1, 0.15) is 35.6 Å². The van der Waals surface area contributed by atoms with E-state index in [2.05, 4.69) is 10.5 Å². The van der Waals surface area contributed by atoms with Crippen molar-refractivity contribution in [2.75, 3.05) is 18.4 Å². The Bertz CT molecular complexity index is 1220. The third-order valence-electron chi connectivity index (χ3n) is 5.60. The van der Waals surface area contributed by atoms with E-state index >= 15 is 0 Å². The lowest BCUT2D eigenvalue weighted by Gasteiger charge is -2.30. The number of sulfonamides is 1. The molecule has 9 heteroatoms. The molecule has 1 aliphatic rings. The van der Waals surface area contributed by atoms with Gasteiger partial charge in [0.15, 0.2) is 10.7 Å². The van der Waals surface area contributed by atoms with E-state index in [1.54, 1.807) is 25.1 Å². The van der Waals surface area contributed by atoms with Gasteiger partial charge in [0, 0.05) is 24.7 Å². The number of amides is 1. The van der Waals surface area contributed by atoms with E-state index in [1.165, 1.54) is 16.6 Å². The normalized spacial score (nSPS) is 15.9. The number of rotatable bonds is 6. The highest BCUT2D eigenvalue weighted by Gasteiger charge is 2.36. The van der Waals surface area contributed by atoms with Crippen molar-refractivity contribution in [3.63, 3.8) is 0 Å². The lowest BCUT2D eigenvalue weighted by Crippen LogP contribution is -2.41. The molecule has 0 saturated carbocycles. The van der Waals surface area contributed by atoms with Crippen molar-refractivity contribution >= 4 is 33.8 Å². The average Bonchev–Trinajstić information content (AvgIpc) is 3.43. The topological polar surface area (TPSA) is 106 Å². The lowest BCUT2D eigenvalue weighted by atomic mass is 9.97. The molecule has 1 saturated heterocycles. The Labute approximate surface area is 186 Å². The molecular weight excluding hydrogens is 430 g/mol. The first-order valence-corrected chi connectivity index (χ1v) is 11.8. The standard InChI is InChI=1S/C23H25N3O5S/c1-16-6-3-4-8-20(16)24-23(27)18-11-13-26(14-12-18)32(28,29)22-17(2)25-31-21(22)10-9-19-7-5-15-30-19/h3-10,15,18H,11-14H2,1-2H3,(H,24,27)/b10-9+. The molecule has 0 aliphatic carbocycles. The third-order valence-corrected chi connectivity index (χ3v) is 7.66. The monoisotopic (exact) mass is 455 g/mol. The van der Waals surface area contributed by atoms with Crippen LogP contribution in [0.5, 0.6) is 0 Å². The molecule has 2 aromatic heterocycles. The van der Waals surface area contributed by atoms with Crippen LogP contribution in [0.25, 0.3) is 12.2 Å². The Morgan fingerprint density at radius 1 is 1.12 bits per heavy atom. The second kappa shape index (κ2) is 9.13. The number of nitrogens with zero attached hydrogens (tertiary/aromatic N) is 2. The molecule has 0 bridgehead atoms. The van der Waals surface area contributed by atoms with Gasteiger partial charge in [-0.15, -0.1) is 0 Å². The van der Waals surface area contributed by atoms with Crippen LogP contribution in [-0.4, -0.2) is 36.9 Å². The first-order chi connectivity index (χ1) is 15.4. The zero-order chi connectivity index (χ0) is 22.7. The van der Waals surface area contributed by atoms with Crippen molar-refractivity contribution in [2.45, 2.75) is 31.6 Å². The van der Waals surface area contributed by atoms with Gasteiger partial charge in [-0.2, -0.15) is 4.31 Å². The molecule has 3 heterocycles. The molecular formula is C23H25N3O5S. The number of nitrogens with one attached hydrogen (secondary N) is 1. The van der Waals surface area contributed by atoms with Gasteiger partial charge in [-0.3, -0.25) is 4.79 Å². The second-order valence-electron chi connectivity index (χ2n) is 7.79. The van der Waals surface area contributed by atoms with Crippen LogP contribution in [-0.2, 0) is 14.8 Å². The molecule has 1 N–H and O–H groups in total. The van der Waals surface area contributed by atoms with Crippen molar-refractivity contribution in [1.29, 1.82) is 0 Å². The first kappa shape index (κ1) is 22.0. The number of anilines is 1. The molecule has 32 heavy (non-hydrogen) atoms. The van der Waals surface area contributed by atoms with Crippen LogP contribution in [0.4, 0.5) is 5.69 Å². The Morgan fingerprint density at radius 3 is 2.56 bits per heavy atom. The number of para-hydroxylation sites is 1. The number of aryl methyl sites for hydroxylation is 2. The molecule has 3 aromatic rings. The summed E-state index contributed by atoms with van der Waals surface area (Å²) in [4.78, 5) is 12.7. The molecule has 0 atom stereocenters. The van der Waals surface area contributed by atoms with Gasteiger partial charge in [0.2, 0.25) is 15.9 Å². The highest BCUT2D eigenvalue weighted by atomic mass is 32.2. The minimum absolute atomic E-state index is 0.0446. The van der Waals surface area contributed by atoms with E-state index in [9.17, 15) is 13.2 Å². The van der Waals surface area contributed by atoms with Crippen LogP contribution >= 0.6 is 0 Å². The summed E-state index contributed by atoms with van der Waals surface area (Å²) in [6.07, 6.45) is 5.58. The van der Waals surface area contributed by atoms with E-state index < -0.39 is 10.0 Å². The van der Waals surface area contributed by atoms with Crippen molar-refractivity contribution in [1.82, 2.24) is 9.46 Å². The number of aromatic nitrogens is 1. The molecule has 4 rings (SSSR count). The highest BCUT2D eigenvalue weighted by Crippen LogP contribution is 2.30. The number of piperidine rings is 1. The van der Waals surface area contributed by atoms with E-state index in [0.29, 0.717) is 24.3 Å². The Hall–Kier alpha value is -3.17. The Balaban J connectivity index is 1.45. The predicted octanol–water partition coefficient (Wildman–Crippen LogP) is 4.09. The van der Waals surface area contributed by atoms with Crippen molar-refractivity contribution in [3.05, 3.63) is 65.4 Å². The fraction of sp³-hybridized carbons (Fsp3) is 0.304.